The molecule has 54 heavy (non-hydrogen) atoms. The molecule has 298 valence electrons. The maximum absolute atomic E-state index is 15.9. The number of nitrogens with zero attached hydrogens (tertiary/aromatic N) is 3. The molecule has 13 nitrogen and oxygen atoms in total. The van der Waals surface area contributed by atoms with E-state index in [0.717, 1.165) is 19.2 Å². The molecule has 2 aromatic rings. The Kier molecular flexibility index (Phi) is 10.9. The number of halogens is 1. The Morgan fingerprint density at radius 3 is 2.13 bits per heavy atom. The maximum Gasteiger partial charge on any atom is 0.351 e. The average Bonchev–Trinajstić information content (AvgIpc) is 3.62. The fourth-order valence-corrected chi connectivity index (χ4v) is 28.4. The van der Waals surface area contributed by atoms with Crippen molar-refractivity contribution in [3.05, 3.63) is 33.9 Å². The second-order valence-corrected chi connectivity index (χ2v) is 34.7. The fourth-order valence-electron chi connectivity index (χ4n) is 9.56. The first-order valence-corrected chi connectivity index (χ1v) is 31.0. The van der Waals surface area contributed by atoms with Gasteiger partial charge in [-0.1, -0.05) is 0 Å². The number of benzene rings is 1. The van der Waals surface area contributed by atoms with Crippen molar-refractivity contribution >= 4 is 68.3 Å². The van der Waals surface area contributed by atoms with Gasteiger partial charge in [0.2, 0.25) is 5.43 Å². The highest BCUT2D eigenvalue weighted by Crippen LogP contribution is 2.62. The zero-order valence-corrected chi connectivity index (χ0v) is 37.4. The van der Waals surface area contributed by atoms with Crippen LogP contribution >= 0.6 is 0 Å². The standard InChI is InChI=1S/C36H56FN3O10Si4/c1-21-20-46-33-30-24(18-26(37)31(33)39-14-12-38(2)13-15-39)32(41)25(19-40(21)30)35(44)47-36(45)28-22-16-23(29(28)34(42)43)27(17-22)54(11,49-52(6,7)8)50-53(9,10)48-51(3,4)5/h18-19,21-23,27-29H,12-17,20H2,1-11H3,(H,42,43). The number of hydrogen-bond acceptors (Lipinski definition) is 11. The molecule has 4 aliphatic rings. The van der Waals surface area contributed by atoms with Crippen LogP contribution in [0.25, 0.3) is 10.9 Å². The predicted molar refractivity (Wildman–Crippen MR) is 212 cm³/mol. The van der Waals surface area contributed by atoms with Crippen LogP contribution in [0.5, 0.6) is 5.75 Å². The van der Waals surface area contributed by atoms with Crippen LogP contribution in [0.4, 0.5) is 10.1 Å². The first-order chi connectivity index (χ1) is 24.9. The van der Waals surface area contributed by atoms with E-state index in [1.165, 1.54) is 6.20 Å². The summed E-state index contributed by atoms with van der Waals surface area (Å²) in [6, 6.07) is 0.808. The van der Waals surface area contributed by atoms with Crippen molar-refractivity contribution in [3.8, 4) is 5.75 Å². The monoisotopic (exact) mass is 821 g/mol. The van der Waals surface area contributed by atoms with Gasteiger partial charge in [-0.05, 0) is 104 Å². The van der Waals surface area contributed by atoms with E-state index < -0.39 is 86.2 Å². The number of rotatable bonds is 11. The number of pyridine rings is 1. The zero-order chi connectivity index (χ0) is 39.9. The number of carbonyl (C=O) groups excluding carboxylic acids is 2. The van der Waals surface area contributed by atoms with Gasteiger partial charge in [0.1, 0.15) is 17.9 Å². The third kappa shape index (κ3) is 7.94. The third-order valence-corrected chi connectivity index (χ3v) is 25.2. The van der Waals surface area contributed by atoms with Crippen LogP contribution in [0.15, 0.2) is 17.1 Å². The second kappa shape index (κ2) is 14.3. The molecule has 0 spiro atoms. The molecular formula is C36H56FN3O10Si4. The van der Waals surface area contributed by atoms with E-state index in [9.17, 15) is 24.3 Å². The SMILES string of the molecule is CC1COc2c(N3CCN(C)CC3)c(F)cc3c(=O)c(C(=O)OC(=O)C4C5CC(C4C(=O)O)C([Si](C)(O[Si](C)(C)C)O[Si](C)(C)O[Si](C)(C)C)C5)cn1c23. The molecule has 0 amide bonds. The van der Waals surface area contributed by atoms with Crippen LogP contribution in [0.1, 0.15) is 36.2 Å². The van der Waals surface area contributed by atoms with Crippen LogP contribution in [0, 0.1) is 29.5 Å². The maximum atomic E-state index is 15.9. The van der Waals surface area contributed by atoms with Crippen molar-refractivity contribution in [1.82, 2.24) is 9.47 Å². The van der Waals surface area contributed by atoms with Crippen LogP contribution in [-0.2, 0) is 26.7 Å². The zero-order valence-electron chi connectivity index (χ0n) is 33.4. The van der Waals surface area contributed by atoms with Gasteiger partial charge < -0.3 is 41.3 Å². The smallest absolute Gasteiger partial charge is 0.351 e. The predicted octanol–water partition coefficient (Wildman–Crippen LogP) is 5.75. The van der Waals surface area contributed by atoms with Gasteiger partial charge in [0.25, 0.3) is 0 Å². The molecule has 2 saturated carbocycles. The van der Waals surface area contributed by atoms with Gasteiger partial charge in [-0.25, -0.2) is 9.18 Å². The van der Waals surface area contributed by atoms with Gasteiger partial charge in [-0.15, -0.1) is 0 Å². The van der Waals surface area contributed by atoms with Crippen molar-refractivity contribution in [2.45, 2.75) is 90.3 Å². The molecule has 3 fully saturated rings. The minimum atomic E-state index is -3.10. The summed E-state index contributed by atoms with van der Waals surface area (Å²) in [6.45, 7) is 23.3. The molecule has 1 aromatic heterocycles. The number of carbonyl (C=O) groups is 3. The quantitative estimate of drug-likeness (QED) is 0.167. The Morgan fingerprint density at radius 2 is 1.54 bits per heavy atom. The lowest BCUT2D eigenvalue weighted by atomic mass is 9.79. The van der Waals surface area contributed by atoms with E-state index in [0.29, 0.717) is 31.4 Å². The van der Waals surface area contributed by atoms with E-state index in [4.69, 9.17) is 21.8 Å². The Balaban J connectivity index is 1.28. The highest BCUT2D eigenvalue weighted by atomic mass is 28.5. The van der Waals surface area contributed by atoms with Crippen LogP contribution in [0.2, 0.25) is 64.5 Å². The summed E-state index contributed by atoms with van der Waals surface area (Å²) in [6.07, 6.45) is 2.29. The van der Waals surface area contributed by atoms with Crippen LogP contribution in [0.3, 0.4) is 0 Å². The molecule has 7 unspecified atom stereocenters. The van der Waals surface area contributed by atoms with E-state index >= 15 is 4.39 Å². The normalized spacial score (nSPS) is 27.1. The number of likely N-dealkylation sites (N-methyl/N-ethyl adjacent to an activating group) is 1. The molecular weight excluding hydrogens is 766 g/mol. The molecule has 6 rings (SSSR count). The average molecular weight is 822 g/mol. The Morgan fingerprint density at radius 1 is 0.907 bits per heavy atom. The lowest BCUT2D eigenvalue weighted by Crippen LogP contribution is -2.60. The van der Waals surface area contributed by atoms with Gasteiger partial charge in [0.15, 0.2) is 28.2 Å². The first-order valence-electron chi connectivity index (χ1n) is 19.0. The van der Waals surface area contributed by atoms with Gasteiger partial charge in [-0.2, -0.15) is 0 Å². The van der Waals surface area contributed by atoms with Gasteiger partial charge in [0, 0.05) is 37.9 Å². The number of esters is 2. The Bertz CT molecular complexity index is 1910. The molecule has 1 aromatic carbocycles. The molecule has 2 aliphatic heterocycles. The molecule has 1 N–H and O–H groups in total. The number of ether oxygens (including phenoxy) is 2. The van der Waals surface area contributed by atoms with Crippen molar-refractivity contribution in [1.29, 1.82) is 0 Å². The Hall–Kier alpha value is -2.72. The molecule has 0 radical (unpaired) electrons. The summed E-state index contributed by atoms with van der Waals surface area (Å²) in [5, 5.41) is 10.5. The number of anilines is 1. The number of aliphatic carboxylic acids is 1. The summed E-state index contributed by atoms with van der Waals surface area (Å²) in [5.41, 5.74) is -0.779. The molecule has 2 bridgehead atoms. The van der Waals surface area contributed by atoms with Gasteiger partial charge in [0.05, 0.1) is 28.8 Å². The highest BCUT2D eigenvalue weighted by molar-refractivity contribution is 6.90. The summed E-state index contributed by atoms with van der Waals surface area (Å²) < 4.78 is 49.5. The van der Waals surface area contributed by atoms with Crippen molar-refractivity contribution < 1.29 is 45.7 Å². The number of hydrogen-bond donors (Lipinski definition) is 1. The molecule has 2 aliphatic carbocycles. The van der Waals surface area contributed by atoms with E-state index in [2.05, 4.69) is 44.2 Å². The van der Waals surface area contributed by atoms with E-state index in [1.807, 2.05) is 38.5 Å². The molecule has 18 heteroatoms. The largest absolute Gasteiger partial charge is 0.487 e. The van der Waals surface area contributed by atoms with E-state index in [-0.39, 0.29) is 40.9 Å². The minimum absolute atomic E-state index is 0.0590. The first kappa shape index (κ1) is 40.9. The van der Waals surface area contributed by atoms with Crippen LogP contribution in [-0.4, -0.2) is 106 Å². The minimum Gasteiger partial charge on any atom is -0.487 e. The number of carboxylic acid groups (broad SMARTS) is 1. The van der Waals surface area contributed by atoms with Gasteiger partial charge >= 0.3 is 35.0 Å². The summed E-state index contributed by atoms with van der Waals surface area (Å²) in [7, 11) is -7.97. The molecule has 7 atom stereocenters. The van der Waals surface area contributed by atoms with Gasteiger partial charge in [-0.3, -0.25) is 14.4 Å². The molecule has 3 heterocycles. The lowest BCUT2D eigenvalue weighted by Gasteiger charge is -2.47. The second-order valence-electron chi connectivity index (χ2n) is 18.2. The summed E-state index contributed by atoms with van der Waals surface area (Å²) in [5.74, 6) is -6.74. The van der Waals surface area contributed by atoms with Crippen molar-refractivity contribution in [2.75, 3.05) is 44.7 Å². The van der Waals surface area contributed by atoms with Crippen molar-refractivity contribution in [2.24, 2.45) is 23.7 Å². The van der Waals surface area contributed by atoms with E-state index in [1.54, 1.807) is 4.57 Å². The third-order valence-electron chi connectivity index (χ3n) is 11.1. The lowest BCUT2D eigenvalue weighted by molar-refractivity contribution is -0.156. The number of piperazine rings is 1. The summed E-state index contributed by atoms with van der Waals surface area (Å²) in [4.78, 5) is 58.6. The highest BCUT2D eigenvalue weighted by Gasteiger charge is 2.65. The fraction of sp³-hybridized carbons (Fsp3) is 0.667. The number of carboxylic acids is 1. The topological polar surface area (TPSA) is 146 Å². The number of aromatic nitrogens is 1. The molecule has 1 saturated heterocycles. The van der Waals surface area contributed by atoms with Crippen molar-refractivity contribution in [3.63, 3.8) is 0 Å². The Labute approximate surface area is 320 Å². The number of fused-ring (bicyclic) bond motifs is 2. The van der Waals surface area contributed by atoms with Crippen LogP contribution < -0.4 is 15.1 Å². The summed E-state index contributed by atoms with van der Waals surface area (Å²) >= 11 is 0.